The van der Waals surface area contributed by atoms with E-state index in [1.807, 2.05) is 37.4 Å². The van der Waals surface area contributed by atoms with Gasteiger partial charge in [0.25, 0.3) is 0 Å². The Labute approximate surface area is 114 Å². The summed E-state index contributed by atoms with van der Waals surface area (Å²) in [5.74, 6) is 0.0754. The van der Waals surface area contributed by atoms with E-state index in [0.29, 0.717) is 0 Å². The zero-order valence-electron chi connectivity index (χ0n) is 10.6. The van der Waals surface area contributed by atoms with Crippen LogP contribution >= 0.6 is 11.8 Å². The maximum absolute atomic E-state index is 10.7. The number of nitro groups is 1. The molecule has 1 aromatic heterocycles. The number of hydrogen-bond donors (Lipinski definition) is 1. The zero-order valence-corrected chi connectivity index (χ0v) is 11.4. The van der Waals surface area contributed by atoms with E-state index < -0.39 is 4.92 Å². The summed E-state index contributed by atoms with van der Waals surface area (Å²) in [6.07, 6.45) is 3.19. The van der Waals surface area contributed by atoms with Crippen molar-refractivity contribution in [3.8, 4) is 0 Å². The van der Waals surface area contributed by atoms with Gasteiger partial charge in [-0.1, -0.05) is 12.1 Å². The maximum Gasteiger partial charge on any atom is 0.330 e. The Bertz CT molecular complexity index is 594. The number of benzene rings is 1. The van der Waals surface area contributed by atoms with Crippen LogP contribution in [-0.4, -0.2) is 21.0 Å². The highest BCUT2D eigenvalue weighted by Gasteiger charge is 2.21. The van der Waals surface area contributed by atoms with Crippen LogP contribution in [-0.2, 0) is 0 Å². The second kappa shape index (κ2) is 5.31. The normalized spacial score (nSPS) is 12.3. The number of thioether (sulfide) groups is 1. The van der Waals surface area contributed by atoms with Crippen LogP contribution in [0.25, 0.3) is 0 Å². The minimum Gasteiger partial charge on any atom is -0.378 e. The third-order valence-corrected chi connectivity index (χ3v) is 3.72. The van der Waals surface area contributed by atoms with E-state index in [0.717, 1.165) is 10.5 Å². The number of nitrogens with two attached hydrogens (primary N) is 1. The van der Waals surface area contributed by atoms with Gasteiger partial charge in [0.05, 0.1) is 11.0 Å². The standard InChI is InChI=1S/C12H14N4O2S/c1-8(9-3-5-10(19-2)6-4-9)15-12(13)11(7-14-15)16(17)18/h3-8H,13H2,1-2H3. The molecule has 1 heterocycles. The van der Waals surface area contributed by atoms with E-state index in [1.54, 1.807) is 11.8 Å². The average molecular weight is 278 g/mol. The number of hydrogen-bond acceptors (Lipinski definition) is 5. The second-order valence-electron chi connectivity index (χ2n) is 4.07. The molecule has 0 fully saturated rings. The molecule has 0 aliphatic rings. The molecular weight excluding hydrogens is 264 g/mol. The first-order valence-corrected chi connectivity index (χ1v) is 6.88. The summed E-state index contributed by atoms with van der Waals surface area (Å²) in [4.78, 5) is 11.4. The van der Waals surface area contributed by atoms with Gasteiger partial charge in [0.1, 0.15) is 6.20 Å². The lowest BCUT2D eigenvalue weighted by Crippen LogP contribution is -2.11. The molecule has 0 saturated carbocycles. The van der Waals surface area contributed by atoms with Crippen molar-refractivity contribution in [1.29, 1.82) is 0 Å². The molecule has 0 amide bonds. The lowest BCUT2D eigenvalue weighted by molar-refractivity contribution is -0.384. The van der Waals surface area contributed by atoms with E-state index >= 15 is 0 Å². The van der Waals surface area contributed by atoms with Crippen LogP contribution in [0, 0.1) is 10.1 Å². The van der Waals surface area contributed by atoms with Gasteiger partial charge in [0.15, 0.2) is 0 Å². The van der Waals surface area contributed by atoms with Crippen LogP contribution in [0.5, 0.6) is 0 Å². The molecule has 1 atom stereocenters. The van der Waals surface area contributed by atoms with Crippen molar-refractivity contribution < 1.29 is 4.92 Å². The van der Waals surface area contributed by atoms with Crippen LogP contribution in [0.4, 0.5) is 11.5 Å². The van der Waals surface area contributed by atoms with Crippen LogP contribution in [0.1, 0.15) is 18.5 Å². The first kappa shape index (κ1) is 13.4. The largest absolute Gasteiger partial charge is 0.378 e. The molecule has 19 heavy (non-hydrogen) atoms. The summed E-state index contributed by atoms with van der Waals surface area (Å²) in [6.45, 7) is 1.90. The Balaban J connectivity index is 2.32. The molecule has 2 rings (SSSR count). The predicted molar refractivity (Wildman–Crippen MR) is 75.3 cm³/mol. The Morgan fingerprint density at radius 1 is 1.42 bits per heavy atom. The van der Waals surface area contributed by atoms with Crippen molar-refractivity contribution in [2.24, 2.45) is 0 Å². The fraction of sp³-hybridized carbons (Fsp3) is 0.250. The van der Waals surface area contributed by atoms with Gasteiger partial charge in [-0.2, -0.15) is 5.10 Å². The van der Waals surface area contributed by atoms with Crippen LogP contribution in [0.15, 0.2) is 35.4 Å². The summed E-state index contributed by atoms with van der Waals surface area (Å²) in [5, 5.41) is 14.7. The fourth-order valence-corrected chi connectivity index (χ4v) is 2.24. The second-order valence-corrected chi connectivity index (χ2v) is 4.95. The molecule has 0 bridgehead atoms. The van der Waals surface area contributed by atoms with Crippen molar-refractivity contribution in [2.75, 3.05) is 12.0 Å². The van der Waals surface area contributed by atoms with E-state index in [1.165, 1.54) is 10.9 Å². The molecule has 0 saturated heterocycles. The predicted octanol–water partition coefficient (Wildman–Crippen LogP) is 2.70. The lowest BCUT2D eigenvalue weighted by atomic mass is 10.1. The van der Waals surface area contributed by atoms with Gasteiger partial charge >= 0.3 is 5.69 Å². The molecule has 0 radical (unpaired) electrons. The molecule has 0 spiro atoms. The van der Waals surface area contributed by atoms with Gasteiger partial charge in [-0.3, -0.25) is 10.1 Å². The number of nitrogens with zero attached hydrogens (tertiary/aromatic N) is 3. The smallest absolute Gasteiger partial charge is 0.330 e. The molecule has 1 unspecified atom stereocenters. The molecule has 100 valence electrons. The van der Waals surface area contributed by atoms with E-state index in [4.69, 9.17) is 5.73 Å². The number of rotatable bonds is 4. The van der Waals surface area contributed by atoms with Crippen molar-refractivity contribution in [3.05, 3.63) is 46.1 Å². The van der Waals surface area contributed by atoms with Gasteiger partial charge in [-0.05, 0) is 30.9 Å². The summed E-state index contributed by atoms with van der Waals surface area (Å²) in [7, 11) is 0. The van der Waals surface area contributed by atoms with E-state index in [2.05, 4.69) is 5.10 Å². The van der Waals surface area contributed by atoms with Gasteiger partial charge < -0.3 is 5.73 Å². The average Bonchev–Trinajstić information content (AvgIpc) is 2.80. The highest BCUT2D eigenvalue weighted by Crippen LogP contribution is 2.27. The highest BCUT2D eigenvalue weighted by atomic mass is 32.2. The molecule has 0 aliphatic heterocycles. The third kappa shape index (κ3) is 2.55. The topological polar surface area (TPSA) is 87.0 Å². The maximum atomic E-state index is 10.7. The van der Waals surface area contributed by atoms with Gasteiger partial charge in [0, 0.05) is 4.90 Å². The van der Waals surface area contributed by atoms with Crippen molar-refractivity contribution in [2.45, 2.75) is 17.9 Å². The Morgan fingerprint density at radius 3 is 2.53 bits per heavy atom. The monoisotopic (exact) mass is 278 g/mol. The summed E-state index contributed by atoms with van der Waals surface area (Å²) >= 11 is 1.66. The summed E-state index contributed by atoms with van der Waals surface area (Å²) in [5.41, 5.74) is 6.60. The number of aromatic nitrogens is 2. The minimum atomic E-state index is -0.525. The Hall–Kier alpha value is -2.02. The molecular formula is C12H14N4O2S. The van der Waals surface area contributed by atoms with Crippen LogP contribution in [0.2, 0.25) is 0 Å². The molecule has 6 nitrogen and oxygen atoms in total. The molecule has 7 heteroatoms. The quantitative estimate of drug-likeness (QED) is 0.528. The summed E-state index contributed by atoms with van der Waals surface area (Å²) in [6, 6.07) is 7.81. The lowest BCUT2D eigenvalue weighted by Gasteiger charge is -2.14. The molecule has 0 aliphatic carbocycles. The van der Waals surface area contributed by atoms with Crippen LogP contribution < -0.4 is 5.73 Å². The van der Waals surface area contributed by atoms with Crippen molar-refractivity contribution >= 4 is 23.3 Å². The van der Waals surface area contributed by atoms with E-state index in [-0.39, 0.29) is 17.5 Å². The highest BCUT2D eigenvalue weighted by molar-refractivity contribution is 7.98. The fourth-order valence-electron chi connectivity index (χ4n) is 1.84. The SMILES string of the molecule is CSc1ccc(C(C)n2ncc([N+](=O)[O-])c2N)cc1. The van der Waals surface area contributed by atoms with Gasteiger partial charge in [0.2, 0.25) is 5.82 Å². The van der Waals surface area contributed by atoms with Crippen molar-refractivity contribution in [1.82, 2.24) is 9.78 Å². The van der Waals surface area contributed by atoms with Crippen molar-refractivity contribution in [3.63, 3.8) is 0 Å². The molecule has 2 N–H and O–H groups in total. The first-order chi connectivity index (χ1) is 9.04. The zero-order chi connectivity index (χ0) is 14.0. The molecule has 2 aromatic rings. The summed E-state index contributed by atoms with van der Waals surface area (Å²) < 4.78 is 1.46. The number of anilines is 1. The molecule has 1 aromatic carbocycles. The Morgan fingerprint density at radius 2 is 2.05 bits per heavy atom. The van der Waals surface area contributed by atoms with E-state index in [9.17, 15) is 10.1 Å². The van der Waals surface area contributed by atoms with Gasteiger partial charge in [-0.25, -0.2) is 4.68 Å². The first-order valence-electron chi connectivity index (χ1n) is 5.66. The minimum absolute atomic E-state index is 0.0754. The Kier molecular flexibility index (Phi) is 3.75. The number of nitrogen functional groups attached to an aromatic ring is 1. The van der Waals surface area contributed by atoms with Crippen LogP contribution in [0.3, 0.4) is 0 Å². The third-order valence-electron chi connectivity index (χ3n) is 2.98. The van der Waals surface area contributed by atoms with Gasteiger partial charge in [-0.15, -0.1) is 11.8 Å².